The highest BCUT2D eigenvalue weighted by molar-refractivity contribution is 7.15. The number of aryl methyl sites for hydroxylation is 2. The number of benzene rings is 1. The van der Waals surface area contributed by atoms with Crippen LogP contribution in [0.1, 0.15) is 16.1 Å². The Morgan fingerprint density at radius 1 is 1.16 bits per heavy atom. The summed E-state index contributed by atoms with van der Waals surface area (Å²) in [5.41, 5.74) is 2.25. The molecule has 1 aliphatic heterocycles. The number of thiazole rings is 1. The first-order valence-corrected chi connectivity index (χ1v) is 9.62. The van der Waals surface area contributed by atoms with E-state index in [4.69, 9.17) is 11.6 Å². The van der Waals surface area contributed by atoms with Crippen LogP contribution >= 0.6 is 22.9 Å². The molecule has 0 radical (unpaired) electrons. The van der Waals surface area contributed by atoms with Crippen molar-refractivity contribution in [1.29, 1.82) is 0 Å². The van der Waals surface area contributed by atoms with Gasteiger partial charge in [0.2, 0.25) is 5.91 Å². The standard InChI is InChI=1S/C18H23ClN4OS/c1-13-14(2)25-18(20-13)21-17(24)12-23-9-7-22(8-10-23)11-15-3-5-16(19)6-4-15/h3-6H,7-12H2,1-2H3,(H,20,21,24). The maximum atomic E-state index is 12.2. The zero-order valence-electron chi connectivity index (χ0n) is 14.6. The van der Waals surface area contributed by atoms with Gasteiger partial charge in [0.15, 0.2) is 5.13 Å². The van der Waals surface area contributed by atoms with Crippen molar-refractivity contribution >= 4 is 34.0 Å². The minimum Gasteiger partial charge on any atom is -0.301 e. The summed E-state index contributed by atoms with van der Waals surface area (Å²) >= 11 is 7.46. The van der Waals surface area contributed by atoms with E-state index in [2.05, 4.69) is 32.2 Å². The SMILES string of the molecule is Cc1nc(NC(=O)CN2CCN(Cc3ccc(Cl)cc3)CC2)sc1C. The predicted molar refractivity (Wildman–Crippen MR) is 103 cm³/mol. The van der Waals surface area contributed by atoms with Crippen LogP contribution < -0.4 is 5.32 Å². The van der Waals surface area contributed by atoms with Crippen molar-refractivity contribution in [2.75, 3.05) is 38.0 Å². The lowest BCUT2D eigenvalue weighted by atomic mass is 10.2. The highest BCUT2D eigenvalue weighted by Crippen LogP contribution is 2.21. The lowest BCUT2D eigenvalue weighted by Gasteiger charge is -2.34. The van der Waals surface area contributed by atoms with E-state index in [0.29, 0.717) is 11.7 Å². The van der Waals surface area contributed by atoms with Crippen LogP contribution in [-0.4, -0.2) is 53.4 Å². The Hall–Kier alpha value is -1.47. The second-order valence-electron chi connectivity index (χ2n) is 6.39. The number of anilines is 1. The molecule has 25 heavy (non-hydrogen) atoms. The molecule has 1 amide bonds. The number of hydrogen-bond donors (Lipinski definition) is 1. The van der Waals surface area contributed by atoms with Crippen LogP contribution in [0.3, 0.4) is 0 Å². The topological polar surface area (TPSA) is 48.5 Å². The summed E-state index contributed by atoms with van der Waals surface area (Å²) in [5.74, 6) is 0.0138. The number of aromatic nitrogens is 1. The molecule has 0 unspecified atom stereocenters. The summed E-state index contributed by atoms with van der Waals surface area (Å²) in [6, 6.07) is 8.00. The van der Waals surface area contributed by atoms with Crippen molar-refractivity contribution in [3.63, 3.8) is 0 Å². The molecule has 134 valence electrons. The van der Waals surface area contributed by atoms with E-state index in [1.54, 1.807) is 0 Å². The largest absolute Gasteiger partial charge is 0.301 e. The van der Waals surface area contributed by atoms with Gasteiger partial charge < -0.3 is 5.32 Å². The lowest BCUT2D eigenvalue weighted by molar-refractivity contribution is -0.117. The van der Waals surface area contributed by atoms with Crippen molar-refractivity contribution < 1.29 is 4.79 Å². The molecule has 2 aromatic rings. The van der Waals surface area contributed by atoms with Gasteiger partial charge in [0, 0.05) is 42.6 Å². The van der Waals surface area contributed by atoms with Crippen LogP contribution in [0.25, 0.3) is 0 Å². The average molecular weight is 379 g/mol. The van der Waals surface area contributed by atoms with Gasteiger partial charge in [-0.15, -0.1) is 11.3 Å². The molecule has 1 aromatic carbocycles. The van der Waals surface area contributed by atoms with E-state index in [1.165, 1.54) is 16.9 Å². The number of carbonyl (C=O) groups excluding carboxylic acids is 1. The lowest BCUT2D eigenvalue weighted by Crippen LogP contribution is -2.48. The van der Waals surface area contributed by atoms with Crippen LogP contribution in [0.5, 0.6) is 0 Å². The molecule has 2 heterocycles. The predicted octanol–water partition coefficient (Wildman–Crippen LogP) is 3.17. The first kappa shape index (κ1) is 18.3. The second-order valence-corrected chi connectivity index (χ2v) is 8.03. The maximum absolute atomic E-state index is 12.2. The number of nitrogens with zero attached hydrogens (tertiary/aromatic N) is 3. The van der Waals surface area contributed by atoms with Gasteiger partial charge in [-0.2, -0.15) is 0 Å². The molecule has 1 N–H and O–H groups in total. The van der Waals surface area contributed by atoms with Crippen molar-refractivity contribution in [3.8, 4) is 0 Å². The third-order valence-corrected chi connectivity index (χ3v) is 5.67. The number of piperazine rings is 1. The molecule has 1 fully saturated rings. The number of hydrogen-bond acceptors (Lipinski definition) is 5. The van der Waals surface area contributed by atoms with E-state index < -0.39 is 0 Å². The molecule has 1 aliphatic rings. The van der Waals surface area contributed by atoms with Gasteiger partial charge in [-0.1, -0.05) is 23.7 Å². The Morgan fingerprint density at radius 2 is 1.80 bits per heavy atom. The number of halogens is 1. The second kappa shape index (κ2) is 8.27. The maximum Gasteiger partial charge on any atom is 0.240 e. The van der Waals surface area contributed by atoms with Crippen LogP contribution in [0, 0.1) is 13.8 Å². The van der Waals surface area contributed by atoms with Crippen molar-refractivity contribution in [1.82, 2.24) is 14.8 Å². The van der Waals surface area contributed by atoms with Crippen molar-refractivity contribution in [2.45, 2.75) is 20.4 Å². The smallest absolute Gasteiger partial charge is 0.240 e. The van der Waals surface area contributed by atoms with Crippen LogP contribution in [0.4, 0.5) is 5.13 Å². The third kappa shape index (κ3) is 5.25. The highest BCUT2D eigenvalue weighted by atomic mass is 35.5. The number of carbonyl (C=O) groups is 1. The quantitative estimate of drug-likeness (QED) is 0.868. The van der Waals surface area contributed by atoms with E-state index >= 15 is 0 Å². The molecule has 0 saturated carbocycles. The summed E-state index contributed by atoms with van der Waals surface area (Å²) in [7, 11) is 0. The molecule has 3 rings (SSSR count). The van der Waals surface area contributed by atoms with E-state index in [9.17, 15) is 4.79 Å². The zero-order chi connectivity index (χ0) is 17.8. The molecule has 0 atom stereocenters. The van der Waals surface area contributed by atoms with E-state index in [1.807, 2.05) is 26.0 Å². The summed E-state index contributed by atoms with van der Waals surface area (Å²) in [5, 5.41) is 4.37. The molecular weight excluding hydrogens is 356 g/mol. The zero-order valence-corrected chi connectivity index (χ0v) is 16.2. The summed E-state index contributed by atoms with van der Waals surface area (Å²) in [6.45, 7) is 9.05. The first-order chi connectivity index (χ1) is 12.0. The molecule has 5 nitrogen and oxygen atoms in total. The Kier molecular flexibility index (Phi) is 6.06. The van der Waals surface area contributed by atoms with Crippen LogP contribution in [0.15, 0.2) is 24.3 Å². The fourth-order valence-electron chi connectivity index (χ4n) is 2.84. The number of nitrogens with one attached hydrogen (secondary N) is 1. The number of amides is 1. The summed E-state index contributed by atoms with van der Waals surface area (Å²) < 4.78 is 0. The van der Waals surface area contributed by atoms with Gasteiger partial charge in [-0.3, -0.25) is 14.6 Å². The molecule has 0 spiro atoms. The monoisotopic (exact) mass is 378 g/mol. The Morgan fingerprint density at radius 3 is 2.40 bits per heavy atom. The average Bonchev–Trinajstić information content (AvgIpc) is 2.89. The fourth-order valence-corrected chi connectivity index (χ4v) is 3.80. The highest BCUT2D eigenvalue weighted by Gasteiger charge is 2.19. The molecular formula is C18H23ClN4OS. The first-order valence-electron chi connectivity index (χ1n) is 8.42. The fraction of sp³-hybridized carbons (Fsp3) is 0.444. The van der Waals surface area contributed by atoms with Crippen molar-refractivity contribution in [3.05, 3.63) is 45.4 Å². The van der Waals surface area contributed by atoms with Gasteiger partial charge in [-0.05, 0) is 31.5 Å². The van der Waals surface area contributed by atoms with Gasteiger partial charge >= 0.3 is 0 Å². The Balaban J connectivity index is 1.42. The third-order valence-electron chi connectivity index (χ3n) is 4.43. The molecule has 0 bridgehead atoms. The van der Waals surface area contributed by atoms with E-state index in [-0.39, 0.29) is 5.91 Å². The Bertz CT molecular complexity index is 704. The summed E-state index contributed by atoms with van der Waals surface area (Å²) in [4.78, 5) is 22.3. The van der Waals surface area contributed by atoms with Gasteiger partial charge in [0.05, 0.1) is 12.2 Å². The normalized spacial score (nSPS) is 16.1. The minimum atomic E-state index is 0.0138. The molecule has 1 saturated heterocycles. The van der Waals surface area contributed by atoms with E-state index in [0.717, 1.165) is 48.3 Å². The minimum absolute atomic E-state index is 0.0138. The summed E-state index contributed by atoms with van der Waals surface area (Å²) in [6.07, 6.45) is 0. The van der Waals surface area contributed by atoms with Crippen LogP contribution in [0.2, 0.25) is 5.02 Å². The van der Waals surface area contributed by atoms with Gasteiger partial charge in [-0.25, -0.2) is 4.98 Å². The Labute approximate surface area is 157 Å². The molecule has 7 heteroatoms. The number of rotatable bonds is 5. The van der Waals surface area contributed by atoms with Gasteiger partial charge in [0.1, 0.15) is 0 Å². The van der Waals surface area contributed by atoms with Gasteiger partial charge in [0.25, 0.3) is 0 Å². The molecule has 1 aromatic heterocycles. The van der Waals surface area contributed by atoms with Crippen LogP contribution in [-0.2, 0) is 11.3 Å². The molecule has 0 aliphatic carbocycles. The van der Waals surface area contributed by atoms with Crippen molar-refractivity contribution in [2.24, 2.45) is 0 Å².